The molecule has 2 aromatic rings. The number of anilines is 1. The normalized spacial score (nSPS) is 25.5. The lowest BCUT2D eigenvalue weighted by molar-refractivity contribution is -0.164. The number of fused-ring (bicyclic) bond motifs is 1. The first kappa shape index (κ1) is 25.8. The maximum Gasteiger partial charge on any atom is 0.318 e. The van der Waals surface area contributed by atoms with E-state index in [0.29, 0.717) is 49.2 Å². The van der Waals surface area contributed by atoms with E-state index in [0.717, 1.165) is 11.0 Å². The SMILES string of the molecule is CCNC(=O)NC1(C2CNCCC2(CC)C(=O)OCC)N=CC=CN1c1cc(C=O)c2scnc2c1. The van der Waals surface area contributed by atoms with Crippen molar-refractivity contribution in [2.24, 2.45) is 16.3 Å². The monoisotopic (exact) mass is 512 g/mol. The number of allylic oxidation sites excluding steroid dienone is 1. The Morgan fingerprint density at radius 2 is 2.17 bits per heavy atom. The van der Waals surface area contributed by atoms with E-state index in [1.165, 1.54) is 11.3 Å². The average Bonchev–Trinajstić information content (AvgIpc) is 3.37. The minimum Gasteiger partial charge on any atom is -0.466 e. The molecule has 11 heteroatoms. The number of aliphatic imine (C=N–C) groups is 1. The quantitative estimate of drug-likeness (QED) is 0.367. The molecule has 1 aromatic carbocycles. The summed E-state index contributed by atoms with van der Waals surface area (Å²) in [6.45, 7) is 7.32. The first-order valence-corrected chi connectivity index (χ1v) is 13.1. The topological polar surface area (TPSA) is 125 Å². The molecule has 2 aliphatic heterocycles. The number of thiazole rings is 1. The van der Waals surface area contributed by atoms with Crippen molar-refractivity contribution >= 4 is 51.7 Å². The molecule has 2 aliphatic rings. The van der Waals surface area contributed by atoms with Crippen molar-refractivity contribution in [2.45, 2.75) is 39.4 Å². The standard InChI is InChI=1S/C25H32N6O4S/c1-4-24(22(33)35-6-3)8-10-26-14-20(24)25(30-23(34)27-5-2)29-9-7-11-31(25)18-12-17(15-32)21-19(13-18)28-16-36-21/h7,9,11-13,15-16,20,26H,4-6,8,10,14H2,1-3H3,(H2,27,30,34). The number of hydrogen-bond acceptors (Lipinski definition) is 9. The highest BCUT2D eigenvalue weighted by atomic mass is 32.1. The molecule has 0 spiro atoms. The van der Waals surface area contributed by atoms with Crippen LogP contribution < -0.4 is 20.9 Å². The van der Waals surface area contributed by atoms with Crippen molar-refractivity contribution in [3.63, 3.8) is 0 Å². The van der Waals surface area contributed by atoms with Gasteiger partial charge in [0.1, 0.15) is 0 Å². The Morgan fingerprint density at radius 3 is 2.89 bits per heavy atom. The van der Waals surface area contributed by atoms with Crippen LogP contribution in [0.3, 0.4) is 0 Å². The number of aromatic nitrogens is 1. The van der Waals surface area contributed by atoms with Crippen LogP contribution in [-0.4, -0.2) is 61.5 Å². The van der Waals surface area contributed by atoms with Crippen LogP contribution in [-0.2, 0) is 9.53 Å². The van der Waals surface area contributed by atoms with Crippen LogP contribution in [0.25, 0.3) is 10.2 Å². The fourth-order valence-corrected chi connectivity index (χ4v) is 6.04. The molecule has 0 bridgehead atoms. The van der Waals surface area contributed by atoms with E-state index < -0.39 is 23.2 Å². The van der Waals surface area contributed by atoms with Gasteiger partial charge in [-0.1, -0.05) is 6.92 Å². The van der Waals surface area contributed by atoms with Gasteiger partial charge in [-0.25, -0.2) is 14.8 Å². The molecule has 4 rings (SSSR count). The molecule has 3 N–H and O–H groups in total. The summed E-state index contributed by atoms with van der Waals surface area (Å²) < 4.78 is 6.37. The number of carbonyl (C=O) groups is 3. The lowest BCUT2D eigenvalue weighted by atomic mass is 9.65. The summed E-state index contributed by atoms with van der Waals surface area (Å²) in [7, 11) is 0. The van der Waals surface area contributed by atoms with Crippen molar-refractivity contribution in [3.05, 3.63) is 35.5 Å². The smallest absolute Gasteiger partial charge is 0.318 e. The van der Waals surface area contributed by atoms with Gasteiger partial charge in [-0.15, -0.1) is 11.3 Å². The Balaban J connectivity index is 1.93. The third-order valence-corrected chi connectivity index (χ3v) is 7.90. The molecule has 2 amide bonds. The van der Waals surface area contributed by atoms with Gasteiger partial charge in [0.15, 0.2) is 6.29 Å². The van der Waals surface area contributed by atoms with Crippen LogP contribution in [0.5, 0.6) is 0 Å². The molecule has 1 saturated heterocycles. The van der Waals surface area contributed by atoms with Crippen LogP contribution in [0.4, 0.5) is 10.5 Å². The number of piperidine rings is 1. The molecule has 1 fully saturated rings. The summed E-state index contributed by atoms with van der Waals surface area (Å²) in [5.74, 6) is -2.18. The number of urea groups is 1. The Labute approximate surface area is 214 Å². The minimum atomic E-state index is -1.38. The number of esters is 1. The van der Waals surface area contributed by atoms with E-state index >= 15 is 0 Å². The first-order chi connectivity index (χ1) is 17.5. The molecular weight excluding hydrogens is 480 g/mol. The van der Waals surface area contributed by atoms with Gasteiger partial charge < -0.3 is 20.3 Å². The number of carbonyl (C=O) groups excluding carboxylic acids is 3. The molecule has 192 valence electrons. The second kappa shape index (κ2) is 10.8. The largest absolute Gasteiger partial charge is 0.466 e. The van der Waals surface area contributed by atoms with E-state index in [1.807, 2.05) is 31.0 Å². The van der Waals surface area contributed by atoms with Crippen LogP contribution in [0, 0.1) is 11.3 Å². The minimum absolute atomic E-state index is 0.257. The number of aldehydes is 1. The predicted octanol–water partition coefficient (Wildman–Crippen LogP) is 3.06. The average molecular weight is 513 g/mol. The van der Waals surface area contributed by atoms with Crippen LogP contribution in [0.2, 0.25) is 0 Å². The molecule has 3 atom stereocenters. The zero-order chi connectivity index (χ0) is 25.8. The highest BCUT2D eigenvalue weighted by Gasteiger charge is 2.59. The Kier molecular flexibility index (Phi) is 7.70. The number of ether oxygens (including phenoxy) is 1. The van der Waals surface area contributed by atoms with E-state index in [-0.39, 0.29) is 12.6 Å². The van der Waals surface area contributed by atoms with Gasteiger partial charge in [0.05, 0.1) is 33.7 Å². The summed E-state index contributed by atoms with van der Waals surface area (Å²) in [6.07, 6.45) is 7.04. The van der Waals surface area contributed by atoms with Crippen LogP contribution in [0.15, 0.2) is 34.9 Å². The summed E-state index contributed by atoms with van der Waals surface area (Å²) in [5, 5.41) is 9.29. The second-order valence-corrected chi connectivity index (χ2v) is 9.65. The maximum absolute atomic E-state index is 13.5. The molecule has 0 saturated carbocycles. The number of rotatable bonds is 8. The number of nitrogens with zero attached hydrogens (tertiary/aromatic N) is 3. The molecule has 0 radical (unpaired) electrons. The van der Waals surface area contributed by atoms with Crippen molar-refractivity contribution in [2.75, 3.05) is 31.1 Å². The van der Waals surface area contributed by atoms with Gasteiger partial charge in [-0.05, 0) is 51.4 Å². The molecule has 0 aliphatic carbocycles. The molecule has 10 nitrogen and oxygen atoms in total. The third kappa shape index (κ3) is 4.37. The van der Waals surface area contributed by atoms with Crippen molar-refractivity contribution in [1.29, 1.82) is 0 Å². The van der Waals surface area contributed by atoms with Crippen LogP contribution in [0.1, 0.15) is 44.0 Å². The zero-order valence-electron chi connectivity index (χ0n) is 20.7. The molecular formula is C25H32N6O4S. The Hall–Kier alpha value is -3.31. The maximum atomic E-state index is 13.5. The number of nitrogens with one attached hydrogen (secondary N) is 3. The molecule has 3 heterocycles. The van der Waals surface area contributed by atoms with Crippen molar-refractivity contribution in [3.8, 4) is 0 Å². The highest BCUT2D eigenvalue weighted by molar-refractivity contribution is 7.17. The Morgan fingerprint density at radius 1 is 1.33 bits per heavy atom. The summed E-state index contributed by atoms with van der Waals surface area (Å²) in [5.41, 5.74) is 2.58. The summed E-state index contributed by atoms with van der Waals surface area (Å²) >= 11 is 1.39. The zero-order valence-corrected chi connectivity index (χ0v) is 21.6. The molecule has 3 unspecified atom stereocenters. The molecule has 1 aromatic heterocycles. The van der Waals surface area contributed by atoms with E-state index in [2.05, 4.69) is 20.9 Å². The fraction of sp³-hybridized carbons (Fsp3) is 0.480. The van der Waals surface area contributed by atoms with Crippen LogP contribution >= 0.6 is 11.3 Å². The third-order valence-electron chi connectivity index (χ3n) is 7.01. The number of hydrogen-bond donors (Lipinski definition) is 3. The van der Waals surface area contributed by atoms with Gasteiger partial charge >= 0.3 is 12.0 Å². The number of amides is 2. The van der Waals surface area contributed by atoms with Gasteiger partial charge in [0.2, 0.25) is 5.79 Å². The van der Waals surface area contributed by atoms with E-state index in [4.69, 9.17) is 9.73 Å². The van der Waals surface area contributed by atoms with Crippen molar-refractivity contribution in [1.82, 2.24) is 20.9 Å². The van der Waals surface area contributed by atoms with E-state index in [1.54, 1.807) is 30.8 Å². The lowest BCUT2D eigenvalue weighted by Gasteiger charge is -2.54. The highest BCUT2D eigenvalue weighted by Crippen LogP contribution is 2.48. The molecule has 36 heavy (non-hydrogen) atoms. The van der Waals surface area contributed by atoms with Gasteiger partial charge in [0.25, 0.3) is 0 Å². The second-order valence-electron chi connectivity index (χ2n) is 8.79. The predicted molar refractivity (Wildman–Crippen MR) is 140 cm³/mol. The van der Waals surface area contributed by atoms with Crippen molar-refractivity contribution < 1.29 is 19.1 Å². The van der Waals surface area contributed by atoms with Gasteiger partial charge in [0, 0.05) is 36.8 Å². The fourth-order valence-electron chi connectivity index (χ4n) is 5.30. The lowest BCUT2D eigenvalue weighted by Crippen LogP contribution is -2.72. The number of benzene rings is 1. The first-order valence-electron chi connectivity index (χ1n) is 12.2. The van der Waals surface area contributed by atoms with E-state index in [9.17, 15) is 14.4 Å². The summed E-state index contributed by atoms with van der Waals surface area (Å²) in [4.78, 5) is 49.7. The summed E-state index contributed by atoms with van der Waals surface area (Å²) in [6, 6.07) is 3.22. The Bertz CT molecular complexity index is 1200. The van der Waals surface area contributed by atoms with Gasteiger partial charge in [-0.3, -0.25) is 14.9 Å². The van der Waals surface area contributed by atoms with Gasteiger partial charge in [-0.2, -0.15) is 0 Å².